The van der Waals surface area contributed by atoms with Gasteiger partial charge in [0.25, 0.3) is 0 Å². The SMILES string of the molecule is C[C@H](C(=O)N1CCCN1C(=O)OC(C)(C)C)c1cccs1. The van der Waals surface area contributed by atoms with Crippen molar-refractivity contribution in [3.05, 3.63) is 22.4 Å². The normalized spacial score (nSPS) is 17.0. The molecule has 116 valence electrons. The number of hydrazine groups is 1. The van der Waals surface area contributed by atoms with Gasteiger partial charge in [-0.25, -0.2) is 14.8 Å². The molecule has 0 spiro atoms. The molecular weight excluding hydrogens is 288 g/mol. The molecule has 0 unspecified atom stereocenters. The second kappa shape index (κ2) is 6.05. The van der Waals surface area contributed by atoms with Gasteiger partial charge in [-0.05, 0) is 45.6 Å². The summed E-state index contributed by atoms with van der Waals surface area (Å²) in [6.45, 7) is 8.43. The number of amides is 2. The molecule has 1 fully saturated rings. The van der Waals surface area contributed by atoms with Gasteiger partial charge in [-0.1, -0.05) is 6.07 Å². The van der Waals surface area contributed by atoms with Crippen LogP contribution in [0.3, 0.4) is 0 Å². The van der Waals surface area contributed by atoms with Crippen LogP contribution in [0.2, 0.25) is 0 Å². The maximum absolute atomic E-state index is 12.6. The van der Waals surface area contributed by atoms with Crippen LogP contribution in [0.25, 0.3) is 0 Å². The van der Waals surface area contributed by atoms with Gasteiger partial charge in [-0.15, -0.1) is 11.3 Å². The Balaban J connectivity index is 2.08. The number of carbonyl (C=O) groups excluding carboxylic acids is 2. The average Bonchev–Trinajstić information content (AvgIpc) is 3.05. The first-order valence-electron chi connectivity index (χ1n) is 7.15. The Morgan fingerprint density at radius 1 is 1.29 bits per heavy atom. The van der Waals surface area contributed by atoms with E-state index >= 15 is 0 Å². The van der Waals surface area contributed by atoms with Crippen molar-refractivity contribution in [3.8, 4) is 0 Å². The fourth-order valence-electron chi connectivity index (χ4n) is 2.23. The number of nitrogens with zero attached hydrogens (tertiary/aromatic N) is 2. The molecule has 1 saturated heterocycles. The quantitative estimate of drug-likeness (QED) is 0.842. The van der Waals surface area contributed by atoms with Crippen molar-refractivity contribution in [1.29, 1.82) is 0 Å². The summed E-state index contributed by atoms with van der Waals surface area (Å²) < 4.78 is 5.37. The summed E-state index contributed by atoms with van der Waals surface area (Å²) in [5, 5.41) is 4.91. The van der Waals surface area contributed by atoms with Crippen LogP contribution < -0.4 is 0 Å². The molecule has 1 aliphatic rings. The third-order valence-electron chi connectivity index (χ3n) is 3.23. The van der Waals surface area contributed by atoms with Crippen LogP contribution in [0, 0.1) is 0 Å². The van der Waals surface area contributed by atoms with Crippen molar-refractivity contribution in [2.75, 3.05) is 13.1 Å². The van der Waals surface area contributed by atoms with Gasteiger partial charge in [0.1, 0.15) is 5.60 Å². The summed E-state index contributed by atoms with van der Waals surface area (Å²) in [7, 11) is 0. The predicted octanol–water partition coefficient (Wildman–Crippen LogP) is 3.24. The first kappa shape index (κ1) is 15.8. The van der Waals surface area contributed by atoms with Crippen LogP contribution in [0.15, 0.2) is 17.5 Å². The summed E-state index contributed by atoms with van der Waals surface area (Å²) in [6.07, 6.45) is 0.328. The second-order valence-corrected chi connectivity index (χ2v) is 7.13. The van der Waals surface area contributed by atoms with Gasteiger partial charge in [0.15, 0.2) is 0 Å². The van der Waals surface area contributed by atoms with E-state index in [4.69, 9.17) is 4.74 Å². The molecule has 0 bridgehead atoms. The van der Waals surface area contributed by atoms with Crippen LogP contribution in [-0.4, -0.2) is 40.7 Å². The molecule has 0 N–H and O–H groups in total. The molecule has 0 aromatic carbocycles. The number of thiophene rings is 1. The number of rotatable bonds is 2. The highest BCUT2D eigenvalue weighted by Gasteiger charge is 2.36. The van der Waals surface area contributed by atoms with E-state index in [1.807, 2.05) is 45.2 Å². The van der Waals surface area contributed by atoms with Crippen LogP contribution in [-0.2, 0) is 9.53 Å². The summed E-state index contributed by atoms with van der Waals surface area (Å²) >= 11 is 1.56. The van der Waals surface area contributed by atoms with E-state index in [0.717, 1.165) is 11.3 Å². The fourth-order valence-corrected chi connectivity index (χ4v) is 3.00. The van der Waals surface area contributed by atoms with E-state index in [1.54, 1.807) is 11.3 Å². The summed E-state index contributed by atoms with van der Waals surface area (Å²) in [6, 6.07) is 3.88. The summed E-state index contributed by atoms with van der Waals surface area (Å²) in [4.78, 5) is 25.8. The summed E-state index contributed by atoms with van der Waals surface area (Å²) in [5.74, 6) is -0.297. The maximum Gasteiger partial charge on any atom is 0.429 e. The van der Waals surface area contributed by atoms with Crippen LogP contribution in [0.4, 0.5) is 4.79 Å². The molecule has 5 nitrogen and oxygen atoms in total. The predicted molar refractivity (Wildman–Crippen MR) is 82.0 cm³/mol. The minimum absolute atomic E-state index is 0.0548. The van der Waals surface area contributed by atoms with Crippen molar-refractivity contribution in [1.82, 2.24) is 10.0 Å². The first-order valence-corrected chi connectivity index (χ1v) is 8.03. The molecule has 2 heterocycles. The monoisotopic (exact) mass is 310 g/mol. The lowest BCUT2D eigenvalue weighted by molar-refractivity contribution is -0.144. The minimum Gasteiger partial charge on any atom is -0.442 e. The maximum atomic E-state index is 12.6. The van der Waals surface area contributed by atoms with Gasteiger partial charge in [-0.2, -0.15) is 0 Å². The number of hydrogen-bond donors (Lipinski definition) is 0. The zero-order valence-electron chi connectivity index (χ0n) is 13.0. The van der Waals surface area contributed by atoms with E-state index in [2.05, 4.69) is 0 Å². The zero-order chi connectivity index (χ0) is 15.6. The highest BCUT2D eigenvalue weighted by atomic mass is 32.1. The lowest BCUT2D eigenvalue weighted by Gasteiger charge is -2.31. The average molecular weight is 310 g/mol. The number of carbonyl (C=O) groups is 2. The molecule has 6 heteroatoms. The smallest absolute Gasteiger partial charge is 0.429 e. The summed E-state index contributed by atoms with van der Waals surface area (Å²) in [5.41, 5.74) is -0.562. The van der Waals surface area contributed by atoms with Gasteiger partial charge in [0.05, 0.1) is 5.92 Å². The first-order chi connectivity index (χ1) is 9.79. The van der Waals surface area contributed by atoms with Crippen molar-refractivity contribution in [3.63, 3.8) is 0 Å². The third kappa shape index (κ3) is 3.75. The Morgan fingerprint density at radius 2 is 1.95 bits per heavy atom. The van der Waals surface area contributed by atoms with Crippen molar-refractivity contribution in [2.24, 2.45) is 0 Å². The fraction of sp³-hybridized carbons (Fsp3) is 0.600. The lowest BCUT2D eigenvalue weighted by atomic mass is 10.1. The van der Waals surface area contributed by atoms with E-state index in [1.165, 1.54) is 10.0 Å². The molecule has 2 amide bonds. The minimum atomic E-state index is -0.562. The van der Waals surface area contributed by atoms with Crippen LogP contribution in [0.5, 0.6) is 0 Å². The van der Waals surface area contributed by atoms with Gasteiger partial charge in [0, 0.05) is 18.0 Å². The third-order valence-corrected chi connectivity index (χ3v) is 4.29. The van der Waals surface area contributed by atoms with E-state index in [0.29, 0.717) is 13.1 Å². The van der Waals surface area contributed by atoms with Crippen molar-refractivity contribution in [2.45, 2.75) is 45.6 Å². The molecule has 21 heavy (non-hydrogen) atoms. The van der Waals surface area contributed by atoms with Crippen molar-refractivity contribution < 1.29 is 14.3 Å². The van der Waals surface area contributed by atoms with E-state index in [9.17, 15) is 9.59 Å². The number of hydrogen-bond acceptors (Lipinski definition) is 4. The van der Waals surface area contributed by atoms with Crippen LogP contribution in [0.1, 0.15) is 44.9 Å². The molecular formula is C15H22N2O3S. The Hall–Kier alpha value is -1.56. The van der Waals surface area contributed by atoms with Gasteiger partial charge < -0.3 is 4.74 Å². The molecule has 0 saturated carbocycles. The molecule has 1 aromatic heterocycles. The zero-order valence-corrected chi connectivity index (χ0v) is 13.8. The Labute approximate surface area is 129 Å². The van der Waals surface area contributed by atoms with Crippen LogP contribution >= 0.6 is 11.3 Å². The molecule has 0 aliphatic carbocycles. The van der Waals surface area contributed by atoms with Gasteiger partial charge >= 0.3 is 6.09 Å². The highest BCUT2D eigenvalue weighted by molar-refractivity contribution is 7.10. The Bertz CT molecular complexity index is 507. The number of ether oxygens (including phenoxy) is 1. The second-order valence-electron chi connectivity index (χ2n) is 6.16. The molecule has 1 aromatic rings. The largest absolute Gasteiger partial charge is 0.442 e. The molecule has 0 radical (unpaired) electrons. The van der Waals surface area contributed by atoms with E-state index < -0.39 is 11.7 Å². The van der Waals surface area contributed by atoms with Crippen molar-refractivity contribution >= 4 is 23.3 Å². The molecule has 1 aliphatic heterocycles. The Kier molecular flexibility index (Phi) is 4.56. The van der Waals surface area contributed by atoms with Gasteiger partial charge in [-0.3, -0.25) is 4.79 Å². The highest BCUT2D eigenvalue weighted by Crippen LogP contribution is 2.26. The Morgan fingerprint density at radius 3 is 2.52 bits per heavy atom. The molecule has 2 rings (SSSR count). The topological polar surface area (TPSA) is 49.9 Å². The molecule has 1 atom stereocenters. The van der Waals surface area contributed by atoms with E-state index in [-0.39, 0.29) is 11.8 Å². The van der Waals surface area contributed by atoms with Gasteiger partial charge in [0.2, 0.25) is 5.91 Å². The standard InChI is InChI=1S/C15H22N2O3S/c1-11(12-7-5-10-21-12)13(18)16-8-6-9-17(16)14(19)20-15(2,3)4/h5,7,10-11H,6,8-9H2,1-4H3/t11-/m0/s1. The lowest BCUT2D eigenvalue weighted by Crippen LogP contribution is -2.48.